The van der Waals surface area contributed by atoms with Gasteiger partial charge in [-0.15, -0.1) is 0 Å². The van der Waals surface area contributed by atoms with Gasteiger partial charge in [-0.1, -0.05) is 42.5 Å². The van der Waals surface area contributed by atoms with Crippen LogP contribution in [0.1, 0.15) is 29.2 Å². The quantitative estimate of drug-likeness (QED) is 0.560. The maximum absolute atomic E-state index is 12.6. The minimum Gasteiger partial charge on any atom is -0.480 e. The highest BCUT2D eigenvalue weighted by Crippen LogP contribution is 2.30. The maximum atomic E-state index is 12.6. The van der Waals surface area contributed by atoms with Gasteiger partial charge >= 0.3 is 18.1 Å². The number of nitrogens with one attached hydrogen (secondary N) is 1. The molecule has 0 fully saturated rings. The number of esters is 1. The van der Waals surface area contributed by atoms with Gasteiger partial charge in [-0.25, -0.2) is 4.79 Å². The Balaban J connectivity index is 1.95. The molecule has 0 bridgehead atoms. The third-order valence-electron chi connectivity index (χ3n) is 4.03. The van der Waals surface area contributed by atoms with Gasteiger partial charge in [0, 0.05) is 0 Å². The topological polar surface area (TPSA) is 113 Å². The van der Waals surface area contributed by atoms with E-state index in [2.05, 4.69) is 0 Å². The van der Waals surface area contributed by atoms with E-state index < -0.39 is 48.2 Å². The lowest BCUT2D eigenvalue weighted by molar-refractivity contribution is -0.151. The molecule has 2 aromatic rings. The lowest BCUT2D eigenvalue weighted by atomic mass is 10.1. The number of aliphatic hydroxyl groups excluding tert-OH is 1. The molecule has 30 heavy (non-hydrogen) atoms. The van der Waals surface area contributed by atoms with Gasteiger partial charge in [0.25, 0.3) is 5.91 Å². The molecule has 1 amide bonds. The SMILES string of the molecule is O=C(C[C@H](NC(=O)[C@H](O)c1ccc(C(F)(F)F)cc1)C(=O)O)OCc1ccccc1. The molecule has 2 rings (SSSR count). The number of carbonyl (C=O) groups is 3. The first kappa shape index (κ1) is 22.9. The monoisotopic (exact) mass is 425 g/mol. The summed E-state index contributed by atoms with van der Waals surface area (Å²) >= 11 is 0. The van der Waals surface area contributed by atoms with E-state index in [1.807, 2.05) is 5.32 Å². The summed E-state index contributed by atoms with van der Waals surface area (Å²) < 4.78 is 42.7. The molecule has 0 aliphatic rings. The molecule has 2 aromatic carbocycles. The summed E-state index contributed by atoms with van der Waals surface area (Å²) in [6, 6.07) is 10.1. The van der Waals surface area contributed by atoms with Gasteiger partial charge in [-0.3, -0.25) is 9.59 Å². The predicted molar refractivity (Wildman–Crippen MR) is 96.8 cm³/mol. The van der Waals surface area contributed by atoms with E-state index >= 15 is 0 Å². The summed E-state index contributed by atoms with van der Waals surface area (Å²) in [5.41, 5.74) is -0.459. The molecular weight excluding hydrogens is 407 g/mol. The zero-order valence-corrected chi connectivity index (χ0v) is 15.4. The second-order valence-electron chi connectivity index (χ2n) is 6.27. The first-order valence-corrected chi connectivity index (χ1v) is 8.66. The number of amides is 1. The molecule has 0 saturated heterocycles. The number of carbonyl (C=O) groups excluding carboxylic acids is 2. The van der Waals surface area contributed by atoms with Crippen molar-refractivity contribution in [1.82, 2.24) is 5.32 Å². The Bertz CT molecular complexity index is 884. The van der Waals surface area contributed by atoms with Crippen molar-refractivity contribution in [2.24, 2.45) is 0 Å². The standard InChI is InChI=1S/C20H18F3NO6/c21-20(22,23)14-8-6-13(7-9-14)17(26)18(27)24-15(19(28)29)10-16(25)30-11-12-4-2-1-3-5-12/h1-9,15,17,26H,10-11H2,(H,24,27)(H,28,29)/t15-,17+/m0/s1. The van der Waals surface area contributed by atoms with E-state index in [1.54, 1.807) is 30.3 Å². The van der Waals surface area contributed by atoms with Crippen molar-refractivity contribution in [3.8, 4) is 0 Å². The molecule has 0 unspecified atom stereocenters. The third-order valence-corrected chi connectivity index (χ3v) is 4.03. The molecule has 0 spiro atoms. The Hall–Kier alpha value is -3.40. The van der Waals surface area contributed by atoms with Crippen molar-refractivity contribution in [3.63, 3.8) is 0 Å². The number of benzene rings is 2. The first-order chi connectivity index (χ1) is 14.1. The minimum absolute atomic E-state index is 0.0891. The second kappa shape index (κ2) is 9.88. The average Bonchev–Trinajstić information content (AvgIpc) is 2.71. The Kier molecular flexibility index (Phi) is 7.54. The molecule has 2 atom stereocenters. The van der Waals surface area contributed by atoms with Crippen LogP contribution in [0.3, 0.4) is 0 Å². The van der Waals surface area contributed by atoms with Crippen molar-refractivity contribution in [3.05, 3.63) is 71.3 Å². The Morgan fingerprint density at radius 2 is 1.60 bits per heavy atom. The van der Waals surface area contributed by atoms with Gasteiger partial charge in [0.2, 0.25) is 0 Å². The Morgan fingerprint density at radius 1 is 1.00 bits per heavy atom. The van der Waals surface area contributed by atoms with E-state index in [-0.39, 0.29) is 12.2 Å². The molecule has 10 heteroatoms. The zero-order chi connectivity index (χ0) is 22.3. The number of rotatable bonds is 8. The number of halogens is 3. The number of hydrogen-bond donors (Lipinski definition) is 3. The molecule has 0 saturated carbocycles. The van der Waals surface area contributed by atoms with Crippen molar-refractivity contribution in [2.45, 2.75) is 31.3 Å². The summed E-state index contributed by atoms with van der Waals surface area (Å²) in [5, 5.41) is 21.2. The second-order valence-corrected chi connectivity index (χ2v) is 6.27. The molecule has 0 aromatic heterocycles. The van der Waals surface area contributed by atoms with Crippen LogP contribution in [-0.2, 0) is 31.9 Å². The predicted octanol–water partition coefficient (Wildman–Crippen LogP) is 2.44. The van der Waals surface area contributed by atoms with Crippen molar-refractivity contribution in [1.29, 1.82) is 0 Å². The highest BCUT2D eigenvalue weighted by Gasteiger charge is 2.31. The van der Waals surface area contributed by atoms with Crippen LogP contribution in [0.2, 0.25) is 0 Å². The normalized spacial score (nSPS) is 13.2. The summed E-state index contributed by atoms with van der Waals surface area (Å²) in [6.45, 7) is -0.0891. The number of alkyl halides is 3. The minimum atomic E-state index is -4.58. The lowest BCUT2D eigenvalue weighted by Crippen LogP contribution is -2.44. The molecule has 3 N–H and O–H groups in total. The number of aliphatic hydroxyl groups is 1. The van der Waals surface area contributed by atoms with Crippen molar-refractivity contribution < 1.29 is 42.5 Å². The molecule has 7 nitrogen and oxygen atoms in total. The van der Waals surface area contributed by atoms with Crippen molar-refractivity contribution in [2.75, 3.05) is 0 Å². The molecular formula is C20H18F3NO6. The summed E-state index contributed by atoms with van der Waals surface area (Å²) in [5.74, 6) is -3.62. The van der Waals surface area contributed by atoms with E-state index in [0.717, 1.165) is 12.1 Å². The fourth-order valence-electron chi connectivity index (χ4n) is 2.42. The molecule has 0 heterocycles. The van der Waals surface area contributed by atoms with E-state index in [9.17, 15) is 37.8 Å². The fourth-order valence-corrected chi connectivity index (χ4v) is 2.42. The highest BCUT2D eigenvalue weighted by molar-refractivity contribution is 5.89. The van der Waals surface area contributed by atoms with Crippen LogP contribution < -0.4 is 5.32 Å². The molecule has 0 radical (unpaired) electrons. The first-order valence-electron chi connectivity index (χ1n) is 8.66. The van der Waals surface area contributed by atoms with E-state index in [4.69, 9.17) is 4.74 Å². The molecule has 0 aliphatic heterocycles. The Labute approximate surface area is 169 Å². The molecule has 160 valence electrons. The summed E-state index contributed by atoms with van der Waals surface area (Å²) in [6.07, 6.45) is -7.21. The Morgan fingerprint density at radius 3 is 2.13 bits per heavy atom. The van der Waals surface area contributed by atoms with Crippen molar-refractivity contribution >= 4 is 17.8 Å². The third kappa shape index (κ3) is 6.59. The summed E-state index contributed by atoms with van der Waals surface area (Å²) in [4.78, 5) is 35.3. The van der Waals surface area contributed by atoms with Crippen LogP contribution >= 0.6 is 0 Å². The van der Waals surface area contributed by atoms with Gasteiger partial charge in [0.1, 0.15) is 12.6 Å². The van der Waals surface area contributed by atoms with Gasteiger partial charge in [0.05, 0.1) is 12.0 Å². The number of carboxylic acids is 1. The van der Waals surface area contributed by atoms with Crippen LogP contribution in [0.5, 0.6) is 0 Å². The van der Waals surface area contributed by atoms with Crippen LogP contribution in [0, 0.1) is 0 Å². The molecule has 0 aliphatic carbocycles. The number of hydrogen-bond acceptors (Lipinski definition) is 5. The number of aliphatic carboxylic acids is 1. The number of ether oxygens (including phenoxy) is 1. The zero-order valence-electron chi connectivity index (χ0n) is 15.4. The fraction of sp³-hybridized carbons (Fsp3) is 0.250. The lowest BCUT2D eigenvalue weighted by Gasteiger charge is -2.17. The van der Waals surface area contributed by atoms with Crippen LogP contribution in [0.15, 0.2) is 54.6 Å². The number of carboxylic acid groups (broad SMARTS) is 1. The maximum Gasteiger partial charge on any atom is 0.416 e. The average molecular weight is 425 g/mol. The van der Waals surface area contributed by atoms with Gasteiger partial charge < -0.3 is 20.3 Å². The van der Waals surface area contributed by atoms with E-state index in [0.29, 0.717) is 17.7 Å². The van der Waals surface area contributed by atoms with Gasteiger partial charge in [-0.2, -0.15) is 13.2 Å². The van der Waals surface area contributed by atoms with Gasteiger partial charge in [0.15, 0.2) is 6.10 Å². The van der Waals surface area contributed by atoms with Crippen LogP contribution in [-0.4, -0.2) is 34.1 Å². The summed E-state index contributed by atoms with van der Waals surface area (Å²) in [7, 11) is 0. The largest absolute Gasteiger partial charge is 0.480 e. The van der Waals surface area contributed by atoms with Gasteiger partial charge in [-0.05, 0) is 23.3 Å². The van der Waals surface area contributed by atoms with E-state index in [1.165, 1.54) is 0 Å². The highest BCUT2D eigenvalue weighted by atomic mass is 19.4. The van der Waals surface area contributed by atoms with Crippen LogP contribution in [0.4, 0.5) is 13.2 Å². The smallest absolute Gasteiger partial charge is 0.416 e. The van der Waals surface area contributed by atoms with Crippen LogP contribution in [0.25, 0.3) is 0 Å².